The minimum absolute atomic E-state index is 0.715. The number of rotatable bonds is 5. The Morgan fingerprint density at radius 3 is 2.43 bits per heavy atom. The van der Waals surface area contributed by atoms with E-state index in [0.29, 0.717) is 5.56 Å². The molecule has 1 aliphatic rings. The first-order chi connectivity index (χ1) is 11.1. The second kappa shape index (κ2) is 8.82. The molecule has 0 bridgehead atoms. The molecule has 0 aromatic heterocycles. The van der Waals surface area contributed by atoms with Crippen molar-refractivity contribution < 1.29 is 0 Å². The van der Waals surface area contributed by atoms with Crippen LogP contribution in [0.3, 0.4) is 0 Å². The van der Waals surface area contributed by atoms with Gasteiger partial charge in [0, 0.05) is 45.8 Å². The van der Waals surface area contributed by atoms with Gasteiger partial charge in [-0.25, -0.2) is 0 Å². The summed E-state index contributed by atoms with van der Waals surface area (Å²) in [7, 11) is 4.12. The molecule has 0 atom stereocenters. The SMILES string of the molecule is CN(C)CCNC(=S)N1CCN(Cc2ccc(C#N)cc2)CC1. The number of hydrogen-bond donors (Lipinski definition) is 1. The number of nitrogens with one attached hydrogen (secondary N) is 1. The summed E-state index contributed by atoms with van der Waals surface area (Å²) >= 11 is 5.47. The van der Waals surface area contributed by atoms with Gasteiger partial charge in [0.15, 0.2) is 5.11 Å². The molecule has 23 heavy (non-hydrogen) atoms. The maximum absolute atomic E-state index is 8.84. The first-order valence-corrected chi connectivity index (χ1v) is 8.38. The van der Waals surface area contributed by atoms with Crippen LogP contribution in [-0.2, 0) is 6.54 Å². The summed E-state index contributed by atoms with van der Waals surface area (Å²) in [5.74, 6) is 0. The van der Waals surface area contributed by atoms with E-state index in [4.69, 9.17) is 17.5 Å². The van der Waals surface area contributed by atoms with Crippen LogP contribution in [0.25, 0.3) is 0 Å². The minimum Gasteiger partial charge on any atom is -0.361 e. The first-order valence-electron chi connectivity index (χ1n) is 7.97. The second-order valence-corrected chi connectivity index (χ2v) is 6.49. The van der Waals surface area contributed by atoms with Gasteiger partial charge in [-0.05, 0) is 44.0 Å². The summed E-state index contributed by atoms with van der Waals surface area (Å²) in [6.45, 7) is 6.75. The van der Waals surface area contributed by atoms with Crippen LogP contribution in [0.4, 0.5) is 0 Å². The zero-order valence-electron chi connectivity index (χ0n) is 14.0. The molecule has 0 saturated carbocycles. The van der Waals surface area contributed by atoms with Crippen molar-refractivity contribution in [3.8, 4) is 6.07 Å². The third-order valence-electron chi connectivity index (χ3n) is 3.98. The van der Waals surface area contributed by atoms with Crippen LogP contribution in [-0.4, -0.2) is 73.2 Å². The number of benzene rings is 1. The largest absolute Gasteiger partial charge is 0.361 e. The van der Waals surface area contributed by atoms with Crippen molar-refractivity contribution in [3.05, 3.63) is 35.4 Å². The van der Waals surface area contributed by atoms with Crippen LogP contribution >= 0.6 is 12.2 Å². The van der Waals surface area contributed by atoms with Crippen LogP contribution in [0, 0.1) is 11.3 Å². The molecule has 1 N–H and O–H groups in total. The molecule has 5 nitrogen and oxygen atoms in total. The van der Waals surface area contributed by atoms with E-state index in [1.54, 1.807) is 0 Å². The van der Waals surface area contributed by atoms with Gasteiger partial charge in [-0.1, -0.05) is 12.1 Å². The maximum atomic E-state index is 8.84. The molecular weight excluding hydrogens is 306 g/mol. The molecule has 0 spiro atoms. The lowest BCUT2D eigenvalue weighted by Gasteiger charge is -2.36. The Bertz CT molecular complexity index is 541. The summed E-state index contributed by atoms with van der Waals surface area (Å²) in [5.41, 5.74) is 1.97. The molecule has 6 heteroatoms. The molecule has 124 valence electrons. The molecule has 1 fully saturated rings. The van der Waals surface area contributed by atoms with Crippen LogP contribution in [0.2, 0.25) is 0 Å². The molecule has 1 aromatic carbocycles. The van der Waals surface area contributed by atoms with Crippen LogP contribution < -0.4 is 5.32 Å². The molecule has 2 rings (SSSR count). The first kappa shape index (κ1) is 17.7. The van der Waals surface area contributed by atoms with Gasteiger partial charge in [0.1, 0.15) is 0 Å². The number of nitriles is 1. The van der Waals surface area contributed by atoms with E-state index in [-0.39, 0.29) is 0 Å². The third kappa shape index (κ3) is 5.79. The Hall–Kier alpha value is -1.68. The van der Waals surface area contributed by atoms with E-state index in [0.717, 1.165) is 50.9 Å². The van der Waals surface area contributed by atoms with Gasteiger partial charge in [-0.15, -0.1) is 0 Å². The zero-order chi connectivity index (χ0) is 16.7. The van der Waals surface area contributed by atoms with Gasteiger partial charge >= 0.3 is 0 Å². The van der Waals surface area contributed by atoms with Crippen molar-refractivity contribution >= 4 is 17.3 Å². The Balaban J connectivity index is 1.72. The van der Waals surface area contributed by atoms with Crippen LogP contribution in [0.1, 0.15) is 11.1 Å². The highest BCUT2D eigenvalue weighted by molar-refractivity contribution is 7.80. The summed E-state index contributed by atoms with van der Waals surface area (Å²) in [6.07, 6.45) is 0. The van der Waals surface area contributed by atoms with Gasteiger partial charge in [-0.3, -0.25) is 4.90 Å². The summed E-state index contributed by atoms with van der Waals surface area (Å²) in [5, 5.41) is 13.0. The van der Waals surface area contributed by atoms with Crippen molar-refractivity contribution in [1.29, 1.82) is 5.26 Å². The molecule has 0 aliphatic carbocycles. The smallest absolute Gasteiger partial charge is 0.169 e. The highest BCUT2D eigenvalue weighted by Crippen LogP contribution is 2.10. The molecule has 1 aliphatic heterocycles. The highest BCUT2D eigenvalue weighted by Gasteiger charge is 2.18. The van der Waals surface area contributed by atoms with E-state index in [1.807, 2.05) is 24.3 Å². The monoisotopic (exact) mass is 331 g/mol. The van der Waals surface area contributed by atoms with Crippen molar-refractivity contribution in [2.75, 3.05) is 53.4 Å². The van der Waals surface area contributed by atoms with Crippen molar-refractivity contribution in [3.63, 3.8) is 0 Å². The average Bonchev–Trinajstić information content (AvgIpc) is 2.56. The Kier molecular flexibility index (Phi) is 6.78. The van der Waals surface area contributed by atoms with Gasteiger partial charge in [0.25, 0.3) is 0 Å². The minimum atomic E-state index is 0.715. The number of piperazine rings is 1. The quantitative estimate of drug-likeness (QED) is 0.816. The molecule has 1 heterocycles. The normalized spacial score (nSPS) is 15.5. The predicted molar refractivity (Wildman–Crippen MR) is 97.2 cm³/mol. The fourth-order valence-electron chi connectivity index (χ4n) is 2.55. The number of thiocarbonyl (C=S) groups is 1. The van der Waals surface area contributed by atoms with Crippen molar-refractivity contribution in [2.45, 2.75) is 6.54 Å². The van der Waals surface area contributed by atoms with Crippen molar-refractivity contribution in [1.82, 2.24) is 20.0 Å². The van der Waals surface area contributed by atoms with Crippen molar-refractivity contribution in [2.24, 2.45) is 0 Å². The predicted octanol–water partition coefficient (Wildman–Crippen LogP) is 1.11. The summed E-state index contributed by atoms with van der Waals surface area (Å²) < 4.78 is 0. The highest BCUT2D eigenvalue weighted by atomic mass is 32.1. The molecule has 0 unspecified atom stereocenters. The average molecular weight is 331 g/mol. The van der Waals surface area contributed by atoms with Gasteiger partial charge in [0.2, 0.25) is 0 Å². The van der Waals surface area contributed by atoms with E-state index in [9.17, 15) is 0 Å². The van der Waals surface area contributed by atoms with Gasteiger partial charge in [-0.2, -0.15) is 5.26 Å². The zero-order valence-corrected chi connectivity index (χ0v) is 14.8. The number of hydrogen-bond acceptors (Lipinski definition) is 4. The summed E-state index contributed by atoms with van der Waals surface area (Å²) in [6, 6.07) is 10.0. The molecule has 1 aromatic rings. The topological polar surface area (TPSA) is 45.5 Å². The lowest BCUT2D eigenvalue weighted by atomic mass is 10.1. The lowest BCUT2D eigenvalue weighted by Crippen LogP contribution is -2.51. The lowest BCUT2D eigenvalue weighted by molar-refractivity contribution is 0.174. The Labute approximate surface area is 144 Å². The fourth-order valence-corrected chi connectivity index (χ4v) is 2.83. The van der Waals surface area contributed by atoms with E-state index in [1.165, 1.54) is 5.56 Å². The molecular formula is C17H25N5S. The van der Waals surface area contributed by atoms with E-state index in [2.05, 4.69) is 40.2 Å². The van der Waals surface area contributed by atoms with Gasteiger partial charge in [0.05, 0.1) is 11.6 Å². The number of nitrogens with zero attached hydrogens (tertiary/aromatic N) is 4. The second-order valence-electron chi connectivity index (χ2n) is 6.11. The van der Waals surface area contributed by atoms with Crippen LogP contribution in [0.5, 0.6) is 0 Å². The number of likely N-dealkylation sites (N-methyl/N-ethyl adjacent to an activating group) is 1. The summed E-state index contributed by atoms with van der Waals surface area (Å²) in [4.78, 5) is 6.83. The maximum Gasteiger partial charge on any atom is 0.169 e. The molecule has 0 amide bonds. The Morgan fingerprint density at radius 1 is 1.22 bits per heavy atom. The Morgan fingerprint density at radius 2 is 1.87 bits per heavy atom. The van der Waals surface area contributed by atoms with E-state index < -0.39 is 0 Å². The molecule has 0 radical (unpaired) electrons. The van der Waals surface area contributed by atoms with Crippen LogP contribution in [0.15, 0.2) is 24.3 Å². The van der Waals surface area contributed by atoms with E-state index >= 15 is 0 Å². The molecule has 1 saturated heterocycles. The fraction of sp³-hybridized carbons (Fsp3) is 0.529. The third-order valence-corrected chi connectivity index (χ3v) is 4.39. The standard InChI is InChI=1S/C17H25N5S/c1-20(2)8-7-19-17(23)22-11-9-21(10-12-22)14-16-5-3-15(13-18)4-6-16/h3-6H,7-12,14H2,1-2H3,(H,19,23). The van der Waals surface area contributed by atoms with Gasteiger partial charge < -0.3 is 15.1 Å².